The van der Waals surface area contributed by atoms with Crippen LogP contribution in [0, 0.1) is 0 Å². The molecule has 1 N–H and O–H groups in total. The van der Waals surface area contributed by atoms with E-state index in [0.717, 1.165) is 10.6 Å². The third-order valence-electron chi connectivity index (χ3n) is 3.10. The molecule has 0 bridgehead atoms. The fourth-order valence-electron chi connectivity index (χ4n) is 1.99. The summed E-state index contributed by atoms with van der Waals surface area (Å²) in [5.74, 6) is 0.427. The number of hydrogen-bond acceptors (Lipinski definition) is 3. The maximum absolute atomic E-state index is 12.4. The van der Waals surface area contributed by atoms with Gasteiger partial charge in [-0.05, 0) is 43.0 Å². The van der Waals surface area contributed by atoms with Crippen LogP contribution in [0.4, 0.5) is 5.69 Å². The molecule has 3 nitrogen and oxygen atoms in total. The normalized spacial score (nSPS) is 11.8. The Kier molecular flexibility index (Phi) is 6.16. The highest BCUT2D eigenvalue weighted by atomic mass is 35.5. The number of ether oxygens (including phenoxy) is 1. The zero-order valence-corrected chi connectivity index (χ0v) is 14.1. The first-order valence-corrected chi connectivity index (χ1v) is 8.60. The number of hydrogen-bond donors (Lipinski definition) is 1. The lowest BCUT2D eigenvalue weighted by Crippen LogP contribution is -2.32. The van der Waals surface area contributed by atoms with Crippen LogP contribution >= 0.6 is 23.4 Å². The van der Waals surface area contributed by atoms with E-state index in [4.69, 9.17) is 16.3 Å². The van der Waals surface area contributed by atoms with Crippen LogP contribution in [0.3, 0.4) is 0 Å². The van der Waals surface area contributed by atoms with Crippen LogP contribution in [-0.2, 0) is 4.79 Å². The maximum atomic E-state index is 12.4. The van der Waals surface area contributed by atoms with E-state index >= 15 is 0 Å². The van der Waals surface area contributed by atoms with Crippen LogP contribution in [0.15, 0.2) is 53.4 Å². The van der Waals surface area contributed by atoms with E-state index in [1.54, 1.807) is 36.0 Å². The summed E-state index contributed by atoms with van der Waals surface area (Å²) in [6.07, 6.45) is 1.98. The number of para-hydroxylation sites is 1. The van der Waals surface area contributed by atoms with Crippen molar-refractivity contribution in [2.24, 2.45) is 0 Å². The van der Waals surface area contributed by atoms with E-state index in [1.807, 2.05) is 37.4 Å². The quantitative estimate of drug-likeness (QED) is 0.766. The van der Waals surface area contributed by atoms with Crippen molar-refractivity contribution in [3.63, 3.8) is 0 Å². The zero-order valence-electron chi connectivity index (χ0n) is 12.5. The van der Waals surface area contributed by atoms with Crippen LogP contribution in [-0.4, -0.2) is 18.3 Å². The van der Waals surface area contributed by atoms with E-state index in [1.165, 1.54) is 0 Å². The standard InChI is InChI=1S/C17H18ClNO2S/c1-3-15(21-13-8-6-7-12(18)11-13)17(20)19-14-9-4-5-10-16(14)22-2/h4-11,15H,3H2,1-2H3,(H,19,20)/t15-/m0/s1. The summed E-state index contributed by atoms with van der Waals surface area (Å²) in [6, 6.07) is 14.8. The molecule has 0 aliphatic heterocycles. The number of amides is 1. The Morgan fingerprint density at radius 2 is 2.05 bits per heavy atom. The smallest absolute Gasteiger partial charge is 0.265 e. The number of rotatable bonds is 6. The molecule has 0 radical (unpaired) electrons. The highest BCUT2D eigenvalue weighted by Gasteiger charge is 2.19. The second-order valence-electron chi connectivity index (χ2n) is 4.66. The number of carbonyl (C=O) groups excluding carboxylic acids is 1. The predicted octanol–water partition coefficient (Wildman–Crippen LogP) is 4.86. The SMILES string of the molecule is CC[C@H](Oc1cccc(Cl)c1)C(=O)Nc1ccccc1SC. The first-order valence-electron chi connectivity index (χ1n) is 7.00. The van der Waals surface area contributed by atoms with Gasteiger partial charge in [0.2, 0.25) is 0 Å². The molecule has 0 unspecified atom stereocenters. The molecule has 0 fully saturated rings. The summed E-state index contributed by atoms with van der Waals surface area (Å²) in [5.41, 5.74) is 0.799. The first-order chi connectivity index (χ1) is 10.6. The van der Waals surface area contributed by atoms with Crippen LogP contribution in [0.25, 0.3) is 0 Å². The number of nitrogens with one attached hydrogen (secondary N) is 1. The molecule has 2 aromatic carbocycles. The van der Waals surface area contributed by atoms with Crippen LogP contribution in [0.5, 0.6) is 5.75 Å². The molecule has 0 saturated heterocycles. The first kappa shape index (κ1) is 16.7. The van der Waals surface area contributed by atoms with Crippen LogP contribution in [0.2, 0.25) is 5.02 Å². The Labute approximate surface area is 140 Å². The molecule has 1 amide bonds. The van der Waals surface area contributed by atoms with Gasteiger partial charge in [-0.2, -0.15) is 0 Å². The molecular formula is C17H18ClNO2S. The van der Waals surface area contributed by atoms with Crippen molar-refractivity contribution in [3.05, 3.63) is 53.6 Å². The third kappa shape index (κ3) is 4.42. The molecule has 0 saturated carbocycles. The third-order valence-corrected chi connectivity index (χ3v) is 4.13. The average Bonchev–Trinajstić information content (AvgIpc) is 2.53. The van der Waals surface area contributed by atoms with Crippen molar-refractivity contribution in [1.29, 1.82) is 0 Å². The Morgan fingerprint density at radius 3 is 2.73 bits per heavy atom. The van der Waals surface area contributed by atoms with Gasteiger partial charge in [-0.25, -0.2) is 0 Å². The van der Waals surface area contributed by atoms with Crippen molar-refractivity contribution in [2.75, 3.05) is 11.6 Å². The lowest BCUT2D eigenvalue weighted by Gasteiger charge is -2.18. The molecular weight excluding hydrogens is 318 g/mol. The molecule has 0 aliphatic carbocycles. The second kappa shape index (κ2) is 8.11. The molecule has 116 valence electrons. The number of anilines is 1. The van der Waals surface area contributed by atoms with E-state index in [0.29, 0.717) is 17.2 Å². The number of benzene rings is 2. The predicted molar refractivity (Wildman–Crippen MR) is 93.0 cm³/mol. The molecule has 0 aromatic heterocycles. The van der Waals surface area contributed by atoms with E-state index in [2.05, 4.69) is 5.32 Å². The van der Waals surface area contributed by atoms with Gasteiger partial charge in [0.05, 0.1) is 5.69 Å². The molecule has 22 heavy (non-hydrogen) atoms. The minimum Gasteiger partial charge on any atom is -0.481 e. The van der Waals surface area contributed by atoms with Gasteiger partial charge in [0, 0.05) is 9.92 Å². The van der Waals surface area contributed by atoms with Crippen LogP contribution < -0.4 is 10.1 Å². The minimum absolute atomic E-state index is 0.163. The average molecular weight is 336 g/mol. The zero-order chi connectivity index (χ0) is 15.9. The lowest BCUT2D eigenvalue weighted by molar-refractivity contribution is -0.122. The highest BCUT2D eigenvalue weighted by Crippen LogP contribution is 2.25. The summed E-state index contributed by atoms with van der Waals surface area (Å²) in [4.78, 5) is 13.4. The number of thioether (sulfide) groups is 1. The van der Waals surface area contributed by atoms with Crippen molar-refractivity contribution in [1.82, 2.24) is 0 Å². The van der Waals surface area contributed by atoms with Crippen molar-refractivity contribution >= 4 is 35.0 Å². The lowest BCUT2D eigenvalue weighted by atomic mass is 10.2. The molecule has 2 aromatic rings. The Balaban J connectivity index is 2.09. The summed E-state index contributed by atoms with van der Waals surface area (Å²) in [6.45, 7) is 1.91. The summed E-state index contributed by atoms with van der Waals surface area (Å²) in [7, 11) is 0. The highest BCUT2D eigenvalue weighted by molar-refractivity contribution is 7.98. The molecule has 1 atom stereocenters. The number of halogens is 1. The number of carbonyl (C=O) groups is 1. The van der Waals surface area contributed by atoms with Gasteiger partial charge in [0.1, 0.15) is 5.75 Å². The van der Waals surface area contributed by atoms with Gasteiger partial charge in [-0.3, -0.25) is 4.79 Å². The summed E-state index contributed by atoms with van der Waals surface area (Å²) in [5, 5.41) is 3.51. The molecule has 2 rings (SSSR count). The van der Waals surface area contributed by atoms with Crippen molar-refractivity contribution in [3.8, 4) is 5.75 Å². The molecule has 5 heteroatoms. The van der Waals surface area contributed by atoms with Crippen molar-refractivity contribution in [2.45, 2.75) is 24.3 Å². The van der Waals surface area contributed by atoms with Crippen molar-refractivity contribution < 1.29 is 9.53 Å². The van der Waals surface area contributed by atoms with Gasteiger partial charge in [-0.1, -0.05) is 36.7 Å². The van der Waals surface area contributed by atoms with Crippen LogP contribution in [0.1, 0.15) is 13.3 Å². The van der Waals surface area contributed by atoms with E-state index in [-0.39, 0.29) is 5.91 Å². The summed E-state index contributed by atoms with van der Waals surface area (Å²) >= 11 is 7.53. The van der Waals surface area contributed by atoms with Gasteiger partial charge in [-0.15, -0.1) is 11.8 Å². The van der Waals surface area contributed by atoms with Gasteiger partial charge in [0.15, 0.2) is 6.10 Å². The Bertz CT molecular complexity index is 648. The minimum atomic E-state index is -0.562. The Morgan fingerprint density at radius 1 is 1.27 bits per heavy atom. The monoisotopic (exact) mass is 335 g/mol. The molecule has 0 heterocycles. The van der Waals surface area contributed by atoms with E-state index in [9.17, 15) is 4.79 Å². The maximum Gasteiger partial charge on any atom is 0.265 e. The fraction of sp³-hybridized carbons (Fsp3) is 0.235. The topological polar surface area (TPSA) is 38.3 Å². The van der Waals surface area contributed by atoms with Gasteiger partial charge < -0.3 is 10.1 Å². The summed E-state index contributed by atoms with van der Waals surface area (Å²) < 4.78 is 5.75. The Hall–Kier alpha value is -1.65. The second-order valence-corrected chi connectivity index (χ2v) is 5.95. The van der Waals surface area contributed by atoms with Gasteiger partial charge >= 0.3 is 0 Å². The van der Waals surface area contributed by atoms with Gasteiger partial charge in [0.25, 0.3) is 5.91 Å². The largest absolute Gasteiger partial charge is 0.481 e. The fourth-order valence-corrected chi connectivity index (χ4v) is 2.72. The molecule has 0 spiro atoms. The van der Waals surface area contributed by atoms with E-state index < -0.39 is 6.10 Å². The molecule has 0 aliphatic rings.